The van der Waals surface area contributed by atoms with Gasteiger partial charge in [0.15, 0.2) is 0 Å². The minimum absolute atomic E-state index is 0.0969. The van der Waals surface area contributed by atoms with Crippen LogP contribution in [-0.2, 0) is 6.54 Å². The summed E-state index contributed by atoms with van der Waals surface area (Å²) in [4.78, 5) is 24.6. The fraction of sp³-hybridized carbons (Fsp3) is 0.105. The first-order valence-corrected chi connectivity index (χ1v) is 8.99. The van der Waals surface area contributed by atoms with Crippen LogP contribution in [0.25, 0.3) is 0 Å². The van der Waals surface area contributed by atoms with Crippen molar-refractivity contribution in [3.8, 4) is 5.75 Å². The maximum Gasteiger partial charge on any atom is 0.259 e. The minimum Gasteiger partial charge on any atom is -0.507 e. The molecule has 1 aromatic heterocycles. The van der Waals surface area contributed by atoms with Gasteiger partial charge in [0.05, 0.1) is 17.4 Å². The third-order valence-electron chi connectivity index (χ3n) is 3.80. The van der Waals surface area contributed by atoms with Gasteiger partial charge in [0.1, 0.15) is 5.75 Å². The van der Waals surface area contributed by atoms with Gasteiger partial charge >= 0.3 is 0 Å². The van der Waals surface area contributed by atoms with E-state index in [1.54, 1.807) is 35.1 Å². The quantitative estimate of drug-likeness (QED) is 0.574. The summed E-state index contributed by atoms with van der Waals surface area (Å²) in [5, 5.41) is 19.6. The Hall–Kier alpha value is -3.13. The van der Waals surface area contributed by atoms with Crippen LogP contribution in [0.3, 0.4) is 0 Å². The number of hydrogen-bond acceptors (Lipinski definition) is 4. The first kappa shape index (κ1) is 18.7. The zero-order valence-electron chi connectivity index (χ0n) is 14.4. The van der Waals surface area contributed by atoms with E-state index in [1.807, 2.05) is 13.0 Å². The van der Waals surface area contributed by atoms with E-state index < -0.39 is 5.91 Å². The SMILES string of the molecule is CCn1cc(NC(=O)c2ccc(NC(=O)c3cccc(Br)c3)cc2O)cn1. The van der Waals surface area contributed by atoms with Gasteiger partial charge in [0.2, 0.25) is 0 Å². The molecule has 27 heavy (non-hydrogen) atoms. The van der Waals surface area contributed by atoms with E-state index >= 15 is 0 Å². The molecule has 0 aliphatic rings. The predicted molar refractivity (Wildman–Crippen MR) is 106 cm³/mol. The molecule has 0 aliphatic heterocycles. The number of carbonyl (C=O) groups is 2. The number of carbonyl (C=O) groups excluding carboxylic acids is 2. The molecule has 3 N–H and O–H groups in total. The van der Waals surface area contributed by atoms with Crippen LogP contribution in [0.1, 0.15) is 27.6 Å². The number of anilines is 2. The molecule has 0 unspecified atom stereocenters. The summed E-state index contributed by atoms with van der Waals surface area (Å²) in [6.07, 6.45) is 3.23. The highest BCUT2D eigenvalue weighted by Gasteiger charge is 2.14. The van der Waals surface area contributed by atoms with Crippen molar-refractivity contribution in [3.05, 3.63) is 70.5 Å². The first-order chi connectivity index (χ1) is 13.0. The van der Waals surface area contributed by atoms with E-state index in [1.165, 1.54) is 18.3 Å². The zero-order chi connectivity index (χ0) is 19.4. The van der Waals surface area contributed by atoms with Crippen LogP contribution < -0.4 is 10.6 Å². The summed E-state index contributed by atoms with van der Waals surface area (Å²) in [6.45, 7) is 2.62. The molecule has 0 saturated heterocycles. The van der Waals surface area contributed by atoms with Crippen molar-refractivity contribution in [1.82, 2.24) is 9.78 Å². The van der Waals surface area contributed by atoms with Gasteiger partial charge in [-0.2, -0.15) is 5.10 Å². The van der Waals surface area contributed by atoms with Crippen molar-refractivity contribution in [2.45, 2.75) is 13.5 Å². The first-order valence-electron chi connectivity index (χ1n) is 8.20. The second-order valence-electron chi connectivity index (χ2n) is 5.74. The normalized spacial score (nSPS) is 10.4. The van der Waals surface area contributed by atoms with Gasteiger partial charge in [-0.1, -0.05) is 22.0 Å². The summed E-state index contributed by atoms with van der Waals surface area (Å²) < 4.78 is 2.46. The Kier molecular flexibility index (Phi) is 5.56. The molecule has 0 spiro atoms. The Bertz CT molecular complexity index is 1000. The second-order valence-corrected chi connectivity index (χ2v) is 6.65. The fourth-order valence-corrected chi connectivity index (χ4v) is 2.83. The van der Waals surface area contributed by atoms with Crippen LogP contribution in [0.2, 0.25) is 0 Å². The number of amides is 2. The minimum atomic E-state index is -0.465. The third kappa shape index (κ3) is 4.53. The smallest absolute Gasteiger partial charge is 0.259 e. The lowest BCUT2D eigenvalue weighted by atomic mass is 10.1. The number of phenols is 1. The number of aromatic nitrogens is 2. The fourth-order valence-electron chi connectivity index (χ4n) is 2.43. The molecular formula is C19H17BrN4O3. The Balaban J connectivity index is 1.71. The van der Waals surface area contributed by atoms with E-state index in [0.29, 0.717) is 23.5 Å². The Morgan fingerprint density at radius 1 is 1.11 bits per heavy atom. The van der Waals surface area contributed by atoms with Gasteiger partial charge < -0.3 is 15.7 Å². The molecule has 0 bridgehead atoms. The molecule has 2 aromatic carbocycles. The third-order valence-corrected chi connectivity index (χ3v) is 4.30. The summed E-state index contributed by atoms with van der Waals surface area (Å²) in [5.74, 6) is -1.02. The largest absolute Gasteiger partial charge is 0.507 e. The van der Waals surface area contributed by atoms with Gasteiger partial charge in [-0.05, 0) is 37.3 Å². The molecule has 3 rings (SSSR count). The maximum atomic E-state index is 12.3. The molecule has 138 valence electrons. The molecule has 3 aromatic rings. The predicted octanol–water partition coefficient (Wildman–Crippen LogP) is 3.88. The van der Waals surface area contributed by atoms with Crippen LogP contribution in [0.15, 0.2) is 59.3 Å². The van der Waals surface area contributed by atoms with E-state index in [0.717, 1.165) is 4.47 Å². The number of hydrogen-bond donors (Lipinski definition) is 3. The molecular weight excluding hydrogens is 412 g/mol. The van der Waals surface area contributed by atoms with Crippen LogP contribution in [0.4, 0.5) is 11.4 Å². The molecule has 8 heteroatoms. The molecule has 0 aliphatic carbocycles. The van der Waals surface area contributed by atoms with Crippen molar-refractivity contribution in [2.75, 3.05) is 10.6 Å². The van der Waals surface area contributed by atoms with E-state index in [4.69, 9.17) is 0 Å². The highest BCUT2D eigenvalue weighted by molar-refractivity contribution is 9.10. The van der Waals surface area contributed by atoms with Gasteiger partial charge in [0, 0.05) is 34.5 Å². The zero-order valence-corrected chi connectivity index (χ0v) is 16.0. The molecule has 0 atom stereocenters. The van der Waals surface area contributed by atoms with E-state index in [-0.39, 0.29) is 17.2 Å². The number of nitrogens with one attached hydrogen (secondary N) is 2. The Labute approximate surface area is 164 Å². The molecule has 1 heterocycles. The highest BCUT2D eigenvalue weighted by atomic mass is 79.9. The number of aromatic hydroxyl groups is 1. The lowest BCUT2D eigenvalue weighted by Gasteiger charge is -2.09. The van der Waals surface area contributed by atoms with Crippen molar-refractivity contribution < 1.29 is 14.7 Å². The number of halogens is 1. The molecule has 2 amide bonds. The summed E-state index contributed by atoms with van der Waals surface area (Å²) >= 11 is 3.32. The van der Waals surface area contributed by atoms with Crippen LogP contribution in [0, 0.1) is 0 Å². The van der Waals surface area contributed by atoms with Crippen molar-refractivity contribution in [2.24, 2.45) is 0 Å². The summed E-state index contributed by atoms with van der Waals surface area (Å²) in [7, 11) is 0. The average Bonchev–Trinajstić information content (AvgIpc) is 3.09. The van der Waals surface area contributed by atoms with Gasteiger partial charge in [-0.25, -0.2) is 0 Å². The molecule has 0 fully saturated rings. The standard InChI is InChI=1S/C19H17BrN4O3/c1-2-24-11-15(10-21-24)23-19(27)16-7-6-14(9-17(16)25)22-18(26)12-4-3-5-13(20)8-12/h3-11,25H,2H2,1H3,(H,22,26)(H,23,27). The second kappa shape index (κ2) is 8.05. The average molecular weight is 429 g/mol. The summed E-state index contributed by atoms with van der Waals surface area (Å²) in [5.41, 5.74) is 1.49. The molecule has 7 nitrogen and oxygen atoms in total. The lowest BCUT2D eigenvalue weighted by Crippen LogP contribution is -2.14. The highest BCUT2D eigenvalue weighted by Crippen LogP contribution is 2.24. The van der Waals surface area contributed by atoms with E-state index in [2.05, 4.69) is 31.7 Å². The van der Waals surface area contributed by atoms with Crippen molar-refractivity contribution >= 4 is 39.1 Å². The summed E-state index contributed by atoms with van der Waals surface area (Å²) in [6, 6.07) is 11.3. The number of nitrogens with zero attached hydrogens (tertiary/aromatic N) is 2. The monoisotopic (exact) mass is 428 g/mol. The Morgan fingerprint density at radius 3 is 2.56 bits per heavy atom. The van der Waals surface area contributed by atoms with Crippen LogP contribution >= 0.6 is 15.9 Å². The van der Waals surface area contributed by atoms with Gasteiger partial charge in [0.25, 0.3) is 11.8 Å². The van der Waals surface area contributed by atoms with Crippen molar-refractivity contribution in [3.63, 3.8) is 0 Å². The molecule has 0 saturated carbocycles. The van der Waals surface area contributed by atoms with E-state index in [9.17, 15) is 14.7 Å². The van der Waals surface area contributed by atoms with Gasteiger partial charge in [-0.15, -0.1) is 0 Å². The Morgan fingerprint density at radius 2 is 1.89 bits per heavy atom. The molecule has 0 radical (unpaired) electrons. The topological polar surface area (TPSA) is 96.2 Å². The number of rotatable bonds is 5. The maximum absolute atomic E-state index is 12.3. The van der Waals surface area contributed by atoms with Crippen LogP contribution in [-0.4, -0.2) is 26.7 Å². The van der Waals surface area contributed by atoms with Gasteiger partial charge in [-0.3, -0.25) is 14.3 Å². The number of benzene rings is 2. The van der Waals surface area contributed by atoms with Crippen molar-refractivity contribution in [1.29, 1.82) is 0 Å². The number of aryl methyl sites for hydroxylation is 1. The lowest BCUT2D eigenvalue weighted by molar-refractivity contribution is 0.101. The van der Waals surface area contributed by atoms with Crippen LogP contribution in [0.5, 0.6) is 5.75 Å². The number of phenolic OH excluding ortho intramolecular Hbond substituents is 1.